The zero-order valence-electron chi connectivity index (χ0n) is 9.36. The highest BCUT2D eigenvalue weighted by Crippen LogP contribution is 1.93. The van der Waals surface area contributed by atoms with Gasteiger partial charge in [-0.1, -0.05) is 0 Å². The van der Waals surface area contributed by atoms with Crippen molar-refractivity contribution in [3.05, 3.63) is 28.4 Å². The molecule has 0 fully saturated rings. The van der Waals surface area contributed by atoms with Crippen LogP contribution in [0.5, 0.6) is 0 Å². The molecule has 15 heavy (non-hydrogen) atoms. The summed E-state index contributed by atoms with van der Waals surface area (Å²) in [5, 5.41) is 3.09. The number of aryl methyl sites for hydroxylation is 1. The SMILES string of the molecule is CNC(COC)Cn1cc(C)cnc1=O. The van der Waals surface area contributed by atoms with Crippen molar-refractivity contribution in [3.63, 3.8) is 0 Å². The van der Waals surface area contributed by atoms with Gasteiger partial charge >= 0.3 is 5.69 Å². The second-order valence-corrected chi connectivity index (χ2v) is 3.51. The number of aromatic nitrogens is 2. The lowest BCUT2D eigenvalue weighted by Gasteiger charge is -2.16. The number of hydrogen-bond donors (Lipinski definition) is 1. The van der Waals surface area contributed by atoms with E-state index in [1.807, 2.05) is 14.0 Å². The average molecular weight is 211 g/mol. The number of methoxy groups -OCH3 is 1. The first kappa shape index (κ1) is 11.9. The van der Waals surface area contributed by atoms with Crippen LogP contribution in [0, 0.1) is 6.92 Å². The number of nitrogens with one attached hydrogen (secondary N) is 1. The monoisotopic (exact) mass is 211 g/mol. The van der Waals surface area contributed by atoms with Crippen LogP contribution in [0.3, 0.4) is 0 Å². The largest absolute Gasteiger partial charge is 0.383 e. The van der Waals surface area contributed by atoms with Gasteiger partial charge < -0.3 is 10.1 Å². The molecule has 84 valence electrons. The third kappa shape index (κ3) is 3.45. The Morgan fingerprint density at radius 2 is 2.40 bits per heavy atom. The van der Waals surface area contributed by atoms with Crippen LogP contribution in [0.25, 0.3) is 0 Å². The predicted molar refractivity (Wildman–Crippen MR) is 58.0 cm³/mol. The molecule has 0 bridgehead atoms. The fourth-order valence-corrected chi connectivity index (χ4v) is 1.36. The van der Waals surface area contributed by atoms with Gasteiger partial charge in [0.05, 0.1) is 6.61 Å². The Labute approximate surface area is 89.1 Å². The Kier molecular flexibility index (Phi) is 4.45. The van der Waals surface area contributed by atoms with Gasteiger partial charge in [0, 0.05) is 32.1 Å². The van der Waals surface area contributed by atoms with Gasteiger partial charge in [0.25, 0.3) is 0 Å². The van der Waals surface area contributed by atoms with Gasteiger partial charge in [-0.15, -0.1) is 0 Å². The van der Waals surface area contributed by atoms with Gasteiger partial charge in [-0.25, -0.2) is 9.78 Å². The van der Waals surface area contributed by atoms with Gasteiger partial charge in [0.15, 0.2) is 0 Å². The van der Waals surface area contributed by atoms with Crippen LogP contribution in [-0.4, -0.2) is 36.4 Å². The molecular formula is C10H17N3O2. The molecule has 0 aliphatic heterocycles. The average Bonchev–Trinajstić information content (AvgIpc) is 2.22. The molecule has 0 saturated carbocycles. The molecule has 0 radical (unpaired) electrons. The second-order valence-electron chi connectivity index (χ2n) is 3.51. The molecule has 1 heterocycles. The highest BCUT2D eigenvalue weighted by atomic mass is 16.5. The van der Waals surface area contributed by atoms with Crippen LogP contribution >= 0.6 is 0 Å². The zero-order chi connectivity index (χ0) is 11.3. The van der Waals surface area contributed by atoms with E-state index in [9.17, 15) is 4.79 Å². The first-order chi connectivity index (χ1) is 7.17. The Bertz CT molecular complexity index is 362. The second kappa shape index (κ2) is 5.63. The molecule has 0 aromatic carbocycles. The predicted octanol–water partition coefficient (Wildman–Crippen LogP) is -0.214. The summed E-state index contributed by atoms with van der Waals surface area (Å²) in [5.41, 5.74) is 0.749. The van der Waals surface area contributed by atoms with E-state index in [0.717, 1.165) is 5.56 Å². The number of nitrogens with zero attached hydrogens (tertiary/aromatic N) is 2. The molecule has 5 nitrogen and oxygen atoms in total. The van der Waals surface area contributed by atoms with Crippen LogP contribution in [0.15, 0.2) is 17.2 Å². The van der Waals surface area contributed by atoms with Crippen molar-refractivity contribution in [1.82, 2.24) is 14.9 Å². The minimum Gasteiger partial charge on any atom is -0.383 e. The maximum absolute atomic E-state index is 11.4. The molecule has 1 aromatic rings. The van der Waals surface area contributed by atoms with Gasteiger partial charge in [-0.05, 0) is 19.5 Å². The normalized spacial score (nSPS) is 12.7. The molecule has 1 rings (SSSR count). The van der Waals surface area contributed by atoms with Gasteiger partial charge in [-0.2, -0.15) is 0 Å². The van der Waals surface area contributed by atoms with Crippen molar-refractivity contribution in [2.75, 3.05) is 20.8 Å². The van der Waals surface area contributed by atoms with E-state index in [4.69, 9.17) is 4.74 Å². The van der Waals surface area contributed by atoms with E-state index in [0.29, 0.717) is 13.2 Å². The van der Waals surface area contributed by atoms with Crippen LogP contribution in [0.1, 0.15) is 5.56 Å². The standard InChI is InChI=1S/C10H17N3O2/c1-8-4-12-10(14)13(5-8)6-9(11-2)7-15-3/h4-5,9,11H,6-7H2,1-3H3. The van der Waals surface area contributed by atoms with Crippen LogP contribution in [-0.2, 0) is 11.3 Å². The molecule has 0 aliphatic rings. The third-order valence-electron chi connectivity index (χ3n) is 2.18. The van der Waals surface area contributed by atoms with Crippen molar-refractivity contribution >= 4 is 0 Å². The topological polar surface area (TPSA) is 56.1 Å². The van der Waals surface area contributed by atoms with Crippen molar-refractivity contribution < 1.29 is 4.74 Å². The van der Waals surface area contributed by atoms with Crippen molar-refractivity contribution in [3.8, 4) is 0 Å². The molecule has 5 heteroatoms. The highest BCUT2D eigenvalue weighted by Gasteiger charge is 2.07. The smallest absolute Gasteiger partial charge is 0.347 e. The van der Waals surface area contributed by atoms with Crippen LogP contribution in [0.2, 0.25) is 0 Å². The van der Waals surface area contributed by atoms with Crippen LogP contribution in [0.4, 0.5) is 0 Å². The Morgan fingerprint density at radius 3 is 3.00 bits per heavy atom. The zero-order valence-corrected chi connectivity index (χ0v) is 9.36. The van der Waals surface area contributed by atoms with Crippen LogP contribution < -0.4 is 11.0 Å². The van der Waals surface area contributed by atoms with Gasteiger partial charge in [-0.3, -0.25) is 4.57 Å². The molecule has 1 N–H and O–H groups in total. The minimum absolute atomic E-state index is 0.122. The third-order valence-corrected chi connectivity index (χ3v) is 2.18. The maximum Gasteiger partial charge on any atom is 0.347 e. The summed E-state index contributed by atoms with van der Waals surface area (Å²) in [4.78, 5) is 15.2. The summed E-state index contributed by atoms with van der Waals surface area (Å²) < 4.78 is 6.63. The van der Waals surface area contributed by atoms with E-state index < -0.39 is 0 Å². The van der Waals surface area contributed by atoms with E-state index in [1.165, 1.54) is 0 Å². The fraction of sp³-hybridized carbons (Fsp3) is 0.600. The molecule has 1 atom stereocenters. The van der Waals surface area contributed by atoms with E-state index >= 15 is 0 Å². The lowest BCUT2D eigenvalue weighted by molar-refractivity contribution is 0.161. The van der Waals surface area contributed by atoms with E-state index in [1.54, 1.807) is 24.1 Å². The first-order valence-electron chi connectivity index (χ1n) is 4.86. The number of ether oxygens (including phenoxy) is 1. The summed E-state index contributed by atoms with van der Waals surface area (Å²) in [7, 11) is 3.49. The summed E-state index contributed by atoms with van der Waals surface area (Å²) in [6.07, 6.45) is 3.37. The molecule has 0 spiro atoms. The number of rotatable bonds is 5. The molecule has 0 aliphatic carbocycles. The highest BCUT2D eigenvalue weighted by molar-refractivity contribution is 4.99. The molecule has 1 aromatic heterocycles. The number of likely N-dealkylation sites (N-methyl/N-ethyl adjacent to an activating group) is 1. The Hall–Kier alpha value is -1.20. The fourth-order valence-electron chi connectivity index (χ4n) is 1.36. The van der Waals surface area contributed by atoms with E-state index in [-0.39, 0.29) is 11.7 Å². The van der Waals surface area contributed by atoms with Crippen molar-refractivity contribution in [2.24, 2.45) is 0 Å². The Morgan fingerprint density at radius 1 is 1.67 bits per heavy atom. The molecular weight excluding hydrogens is 194 g/mol. The summed E-state index contributed by atoms with van der Waals surface area (Å²) in [5.74, 6) is 0. The summed E-state index contributed by atoms with van der Waals surface area (Å²) in [6.45, 7) is 3.04. The maximum atomic E-state index is 11.4. The Balaban J connectivity index is 2.78. The lowest BCUT2D eigenvalue weighted by Crippen LogP contribution is -2.38. The van der Waals surface area contributed by atoms with Gasteiger partial charge in [0.1, 0.15) is 0 Å². The quantitative estimate of drug-likeness (QED) is 0.732. The molecule has 1 unspecified atom stereocenters. The lowest BCUT2D eigenvalue weighted by atomic mass is 10.3. The number of hydrogen-bond acceptors (Lipinski definition) is 4. The van der Waals surface area contributed by atoms with E-state index in [2.05, 4.69) is 10.3 Å². The minimum atomic E-state index is -0.225. The van der Waals surface area contributed by atoms with Gasteiger partial charge in [0.2, 0.25) is 0 Å². The summed E-state index contributed by atoms with van der Waals surface area (Å²) >= 11 is 0. The van der Waals surface area contributed by atoms with Crippen molar-refractivity contribution in [1.29, 1.82) is 0 Å². The molecule has 0 amide bonds. The molecule has 0 saturated heterocycles. The van der Waals surface area contributed by atoms with Crippen molar-refractivity contribution in [2.45, 2.75) is 19.5 Å². The summed E-state index contributed by atoms with van der Waals surface area (Å²) in [6, 6.07) is 0.122. The first-order valence-corrected chi connectivity index (χ1v) is 4.86.